The second kappa shape index (κ2) is 15.6. The van der Waals surface area contributed by atoms with Gasteiger partial charge in [0.05, 0.1) is 14.8 Å². The number of benzene rings is 4. The quantitative estimate of drug-likeness (QED) is 0.146. The summed E-state index contributed by atoms with van der Waals surface area (Å²) < 4.78 is 5.27. The van der Waals surface area contributed by atoms with Crippen LogP contribution in [0.3, 0.4) is 0 Å². The summed E-state index contributed by atoms with van der Waals surface area (Å²) in [4.78, 5) is 28.2. The summed E-state index contributed by atoms with van der Waals surface area (Å²) in [6.07, 6.45) is 4.62. The largest absolute Gasteiger partial charge is 0.369 e. The molecule has 3 aliphatic rings. The van der Waals surface area contributed by atoms with Gasteiger partial charge in [-0.3, -0.25) is 19.4 Å². The van der Waals surface area contributed by atoms with Crippen molar-refractivity contribution in [1.29, 1.82) is 0 Å². The lowest BCUT2D eigenvalue weighted by Gasteiger charge is -2.28. The molecule has 1 saturated heterocycles. The van der Waals surface area contributed by atoms with E-state index < -0.39 is 8.07 Å². The molecule has 4 aromatic carbocycles. The molecule has 0 amide bonds. The minimum absolute atomic E-state index is 0.121. The Morgan fingerprint density at radius 3 is 1.96 bits per heavy atom. The fourth-order valence-corrected chi connectivity index (χ4v) is 8.19. The molecule has 6 heteroatoms. The molecule has 0 bridgehead atoms. The Labute approximate surface area is 275 Å². The van der Waals surface area contributed by atoms with Crippen molar-refractivity contribution in [3.05, 3.63) is 149 Å². The van der Waals surface area contributed by atoms with Crippen LogP contribution in [0, 0.1) is 5.92 Å². The van der Waals surface area contributed by atoms with Gasteiger partial charge in [0.15, 0.2) is 11.6 Å². The third kappa shape index (κ3) is 8.86. The van der Waals surface area contributed by atoms with Crippen molar-refractivity contribution < 1.29 is 14.3 Å². The van der Waals surface area contributed by atoms with E-state index in [4.69, 9.17) is 4.74 Å². The van der Waals surface area contributed by atoms with E-state index in [1.807, 2.05) is 54.6 Å². The van der Waals surface area contributed by atoms with E-state index in [2.05, 4.69) is 90.1 Å². The molecule has 7 rings (SSSR count). The summed E-state index contributed by atoms with van der Waals surface area (Å²) in [5.74, 6) is 1.05. The van der Waals surface area contributed by atoms with Crippen molar-refractivity contribution in [2.75, 3.05) is 33.1 Å². The van der Waals surface area contributed by atoms with Gasteiger partial charge >= 0.3 is 0 Å². The second-order valence-corrected chi connectivity index (χ2v) is 19.0. The van der Waals surface area contributed by atoms with E-state index in [9.17, 15) is 9.59 Å². The van der Waals surface area contributed by atoms with Crippen LogP contribution in [0.15, 0.2) is 115 Å². The molecule has 5 nitrogen and oxygen atoms in total. The lowest BCUT2D eigenvalue weighted by atomic mass is 9.96. The van der Waals surface area contributed by atoms with Crippen molar-refractivity contribution in [3.8, 4) is 0 Å². The molecule has 4 aromatic rings. The van der Waals surface area contributed by atoms with Crippen molar-refractivity contribution in [1.82, 2.24) is 9.80 Å². The van der Waals surface area contributed by atoms with E-state index in [1.165, 1.54) is 22.9 Å². The van der Waals surface area contributed by atoms with E-state index in [1.54, 1.807) is 13.2 Å². The molecular formula is C40H46N2O3Si. The van der Waals surface area contributed by atoms with Gasteiger partial charge in [0.1, 0.15) is 0 Å². The standard InChI is InChI=1S/C18H17NO.C13H23NOSi.C9H6O/c20-18-15-9-5-4-8-14(15)16-11-19(12-17(16)18)10-13-6-2-1-3-7-13;1-15-11-14(12-16(2,3)4)10-13-8-6-5-7-9-13;10-9-6-5-7-3-1-2-4-8(7)9/h1-9,16-17H,10-12H2;5-9H,10-12H2,1-4H3;1-6H/t16-,17-;;/m0../s1. The first kappa shape index (κ1) is 33.4. The van der Waals surface area contributed by atoms with Crippen LogP contribution in [0.25, 0.3) is 6.08 Å². The molecule has 1 fully saturated rings. The maximum atomic E-state index is 12.4. The third-order valence-corrected chi connectivity index (χ3v) is 9.90. The van der Waals surface area contributed by atoms with Crippen LogP contribution in [0.1, 0.15) is 48.9 Å². The van der Waals surface area contributed by atoms with Gasteiger partial charge in [-0.05, 0) is 34.5 Å². The number of Topliss-reactive ketones (excluding diaryl/α,β-unsaturated/α-hetero) is 1. The number of allylic oxidation sites excluding steroid dienone is 1. The lowest BCUT2D eigenvalue weighted by Crippen LogP contribution is -2.40. The van der Waals surface area contributed by atoms with Crippen molar-refractivity contribution in [3.63, 3.8) is 0 Å². The number of carbonyl (C=O) groups is 2. The summed E-state index contributed by atoms with van der Waals surface area (Å²) in [5.41, 5.74) is 6.76. The monoisotopic (exact) mass is 630 g/mol. The molecule has 2 atom stereocenters. The van der Waals surface area contributed by atoms with Crippen LogP contribution in [-0.4, -0.2) is 62.5 Å². The Balaban J connectivity index is 0.000000144. The lowest BCUT2D eigenvalue weighted by molar-refractivity contribution is 0.0697. The number of likely N-dealkylation sites (tertiary alicyclic amines) is 1. The van der Waals surface area contributed by atoms with Gasteiger partial charge in [-0.25, -0.2) is 0 Å². The van der Waals surface area contributed by atoms with E-state index in [0.29, 0.717) is 11.7 Å². The zero-order chi connectivity index (χ0) is 32.5. The van der Waals surface area contributed by atoms with Crippen LogP contribution >= 0.6 is 0 Å². The average Bonchev–Trinajstić information content (AvgIpc) is 3.72. The number of nitrogens with zero attached hydrogens (tertiary/aromatic N) is 2. The van der Waals surface area contributed by atoms with E-state index in [0.717, 1.165) is 49.6 Å². The zero-order valence-corrected chi connectivity index (χ0v) is 28.6. The summed E-state index contributed by atoms with van der Waals surface area (Å²) >= 11 is 0. The van der Waals surface area contributed by atoms with Crippen LogP contribution < -0.4 is 0 Å². The van der Waals surface area contributed by atoms with Crippen molar-refractivity contribution in [2.24, 2.45) is 5.92 Å². The molecule has 1 aliphatic heterocycles. The first-order valence-electron chi connectivity index (χ1n) is 16.2. The molecule has 238 valence electrons. The molecule has 0 unspecified atom stereocenters. The van der Waals surface area contributed by atoms with Gasteiger partial charge in [-0.2, -0.15) is 0 Å². The Morgan fingerprint density at radius 2 is 1.30 bits per heavy atom. The summed E-state index contributed by atoms with van der Waals surface area (Å²) in [5, 5.41) is 0. The highest BCUT2D eigenvalue weighted by Gasteiger charge is 2.45. The SMILES string of the molecule is COCN(Cc1ccccc1)C[Si](C)(C)C.O=C1C=Cc2ccccc21.O=C1c2ccccc2[C@@H]2CN(Cc3ccccc3)C[C@H]12. The fraction of sp³-hybridized carbons (Fsp3) is 0.300. The second-order valence-electron chi connectivity index (χ2n) is 13.6. The smallest absolute Gasteiger partial charge is 0.186 e. The Kier molecular flexibility index (Phi) is 11.3. The minimum Gasteiger partial charge on any atom is -0.369 e. The molecule has 46 heavy (non-hydrogen) atoms. The molecule has 0 saturated carbocycles. The highest BCUT2D eigenvalue weighted by Crippen LogP contribution is 2.43. The molecular weight excluding hydrogens is 585 g/mol. The highest BCUT2D eigenvalue weighted by molar-refractivity contribution is 6.76. The number of methoxy groups -OCH3 is 1. The summed E-state index contributed by atoms with van der Waals surface area (Å²) in [6.45, 7) is 11.7. The summed E-state index contributed by atoms with van der Waals surface area (Å²) in [7, 11) is 0.701. The molecule has 0 aromatic heterocycles. The van der Waals surface area contributed by atoms with E-state index in [-0.39, 0.29) is 11.7 Å². The minimum atomic E-state index is -1.07. The van der Waals surface area contributed by atoms with Gasteiger partial charge in [0.25, 0.3) is 0 Å². The predicted molar refractivity (Wildman–Crippen MR) is 191 cm³/mol. The third-order valence-electron chi connectivity index (χ3n) is 8.51. The van der Waals surface area contributed by atoms with Crippen LogP contribution in [0.2, 0.25) is 19.6 Å². The van der Waals surface area contributed by atoms with Crippen molar-refractivity contribution in [2.45, 2.75) is 38.6 Å². The Bertz CT molecular complexity index is 1630. The van der Waals surface area contributed by atoms with Gasteiger partial charge in [0.2, 0.25) is 0 Å². The number of ketones is 2. The van der Waals surface area contributed by atoms with Gasteiger partial charge < -0.3 is 4.74 Å². The first-order chi connectivity index (χ1) is 22.2. The number of carbonyl (C=O) groups excluding carboxylic acids is 2. The number of ether oxygens (including phenoxy) is 1. The van der Waals surface area contributed by atoms with Crippen LogP contribution in [0.5, 0.6) is 0 Å². The first-order valence-corrected chi connectivity index (χ1v) is 19.9. The number of fused-ring (bicyclic) bond motifs is 4. The Hall–Kier alpha value is -3.94. The fourth-order valence-electron chi connectivity index (χ4n) is 6.65. The number of hydrogen-bond donors (Lipinski definition) is 0. The average molecular weight is 631 g/mol. The molecule has 1 heterocycles. The van der Waals surface area contributed by atoms with Crippen LogP contribution in [0.4, 0.5) is 0 Å². The normalized spacial score (nSPS) is 17.9. The topological polar surface area (TPSA) is 49.9 Å². The maximum Gasteiger partial charge on any atom is 0.186 e. The van der Waals surface area contributed by atoms with Crippen molar-refractivity contribution >= 4 is 25.7 Å². The van der Waals surface area contributed by atoms with Crippen LogP contribution in [-0.2, 0) is 17.8 Å². The molecule has 0 radical (unpaired) electrons. The zero-order valence-electron chi connectivity index (χ0n) is 27.6. The van der Waals surface area contributed by atoms with E-state index >= 15 is 0 Å². The Morgan fingerprint density at radius 1 is 0.717 bits per heavy atom. The predicted octanol–water partition coefficient (Wildman–Crippen LogP) is 7.96. The molecule has 0 N–H and O–H groups in total. The number of rotatable bonds is 8. The maximum absolute atomic E-state index is 12.4. The van der Waals surface area contributed by atoms with Gasteiger partial charge in [-0.15, -0.1) is 0 Å². The molecule has 2 aliphatic carbocycles. The summed E-state index contributed by atoms with van der Waals surface area (Å²) in [6, 6.07) is 36.8. The number of hydrogen-bond acceptors (Lipinski definition) is 5. The molecule has 0 spiro atoms. The highest BCUT2D eigenvalue weighted by atomic mass is 28.3. The van der Waals surface area contributed by atoms with Gasteiger partial charge in [0, 0.05) is 56.3 Å². The van der Waals surface area contributed by atoms with Gasteiger partial charge in [-0.1, -0.05) is 135 Å².